The van der Waals surface area contributed by atoms with Crippen LogP contribution in [-0.4, -0.2) is 27.5 Å². The number of fused-ring (bicyclic) bond motifs is 2. The van der Waals surface area contributed by atoms with Crippen LogP contribution in [0.3, 0.4) is 0 Å². The zero-order valence-electron chi connectivity index (χ0n) is 11.5. The summed E-state index contributed by atoms with van der Waals surface area (Å²) in [5, 5.41) is 17.4. The van der Waals surface area contributed by atoms with Gasteiger partial charge in [-0.15, -0.1) is 0 Å². The molecule has 0 aromatic carbocycles. The van der Waals surface area contributed by atoms with Gasteiger partial charge < -0.3 is 10.6 Å². The number of aromatic nitrogens is 2. The molecule has 0 radical (unpaired) electrons. The molecule has 2 N–H and O–H groups in total. The lowest BCUT2D eigenvalue weighted by molar-refractivity contribution is -0.384. The van der Waals surface area contributed by atoms with Gasteiger partial charge in [-0.2, -0.15) is 4.98 Å². The van der Waals surface area contributed by atoms with E-state index < -0.39 is 4.92 Å². The van der Waals surface area contributed by atoms with Crippen LogP contribution >= 0.6 is 0 Å². The number of rotatable bonds is 5. The first kappa shape index (κ1) is 13.1. The number of nitro groups is 1. The molecule has 0 spiro atoms. The molecule has 108 valence electrons. The number of hydrogen-bond donors (Lipinski definition) is 2. The molecule has 7 nitrogen and oxygen atoms in total. The number of nitrogens with one attached hydrogen (secondary N) is 2. The second kappa shape index (κ2) is 5.22. The zero-order valence-corrected chi connectivity index (χ0v) is 11.5. The van der Waals surface area contributed by atoms with Gasteiger partial charge in [0, 0.05) is 12.6 Å². The highest BCUT2D eigenvalue weighted by molar-refractivity contribution is 5.57. The van der Waals surface area contributed by atoms with E-state index in [0.717, 1.165) is 12.3 Å². The van der Waals surface area contributed by atoms with Crippen molar-refractivity contribution in [2.45, 2.75) is 38.6 Å². The maximum absolute atomic E-state index is 11.1. The van der Waals surface area contributed by atoms with Crippen LogP contribution in [0.2, 0.25) is 0 Å². The van der Waals surface area contributed by atoms with Crippen molar-refractivity contribution in [2.75, 3.05) is 17.2 Å². The van der Waals surface area contributed by atoms with Crippen molar-refractivity contribution < 1.29 is 4.92 Å². The molecule has 3 atom stereocenters. The van der Waals surface area contributed by atoms with Crippen molar-refractivity contribution in [2.24, 2.45) is 11.8 Å². The third-order valence-electron chi connectivity index (χ3n) is 4.36. The Morgan fingerprint density at radius 3 is 2.90 bits per heavy atom. The van der Waals surface area contributed by atoms with E-state index in [1.54, 1.807) is 0 Å². The topological polar surface area (TPSA) is 93.0 Å². The zero-order chi connectivity index (χ0) is 14.1. The normalized spacial score (nSPS) is 27.6. The molecule has 1 aromatic heterocycles. The molecular formula is C13H19N5O2. The molecule has 3 unspecified atom stereocenters. The first-order valence-corrected chi connectivity index (χ1v) is 7.19. The van der Waals surface area contributed by atoms with E-state index in [9.17, 15) is 10.1 Å². The number of nitrogens with zero attached hydrogens (tertiary/aromatic N) is 3. The van der Waals surface area contributed by atoms with Crippen molar-refractivity contribution in [3.05, 3.63) is 16.3 Å². The Morgan fingerprint density at radius 1 is 1.45 bits per heavy atom. The Hall–Kier alpha value is -1.92. The maximum atomic E-state index is 11.1. The monoisotopic (exact) mass is 277 g/mol. The van der Waals surface area contributed by atoms with Gasteiger partial charge in [-0.05, 0) is 38.0 Å². The molecule has 7 heteroatoms. The SMILES string of the molecule is CCNc1ncc([N+](=O)[O-])c(NC2CC3CCC2C3)n1. The predicted octanol–water partition coefficient (Wildman–Crippen LogP) is 2.42. The van der Waals surface area contributed by atoms with E-state index >= 15 is 0 Å². The van der Waals surface area contributed by atoms with E-state index in [4.69, 9.17) is 0 Å². The van der Waals surface area contributed by atoms with Gasteiger partial charge in [0.15, 0.2) is 0 Å². The Morgan fingerprint density at radius 2 is 2.30 bits per heavy atom. The molecule has 2 aliphatic carbocycles. The van der Waals surface area contributed by atoms with Crippen LogP contribution in [0.15, 0.2) is 6.20 Å². The lowest BCUT2D eigenvalue weighted by Crippen LogP contribution is -2.27. The van der Waals surface area contributed by atoms with Gasteiger partial charge in [0.25, 0.3) is 0 Å². The predicted molar refractivity (Wildman–Crippen MR) is 75.7 cm³/mol. The first-order valence-electron chi connectivity index (χ1n) is 7.19. The van der Waals surface area contributed by atoms with Crippen LogP contribution in [0.25, 0.3) is 0 Å². The molecule has 0 saturated heterocycles. The summed E-state index contributed by atoms with van der Waals surface area (Å²) in [6.07, 6.45) is 6.15. The summed E-state index contributed by atoms with van der Waals surface area (Å²) in [6.45, 7) is 2.62. The van der Waals surface area contributed by atoms with Crippen LogP contribution < -0.4 is 10.6 Å². The fourth-order valence-electron chi connectivity index (χ4n) is 3.46. The van der Waals surface area contributed by atoms with Gasteiger partial charge >= 0.3 is 5.69 Å². The van der Waals surface area contributed by atoms with E-state index in [-0.39, 0.29) is 5.69 Å². The van der Waals surface area contributed by atoms with Crippen molar-refractivity contribution >= 4 is 17.5 Å². The molecule has 2 fully saturated rings. The van der Waals surface area contributed by atoms with Gasteiger partial charge in [-0.25, -0.2) is 4.98 Å². The Balaban J connectivity index is 1.82. The lowest BCUT2D eigenvalue weighted by Gasteiger charge is -2.23. The van der Waals surface area contributed by atoms with E-state index in [1.165, 1.54) is 25.5 Å². The van der Waals surface area contributed by atoms with Crippen LogP contribution in [-0.2, 0) is 0 Å². The maximum Gasteiger partial charge on any atom is 0.329 e. The molecule has 0 aliphatic heterocycles. The molecular weight excluding hydrogens is 258 g/mol. The highest BCUT2D eigenvalue weighted by atomic mass is 16.6. The van der Waals surface area contributed by atoms with Gasteiger partial charge in [-0.1, -0.05) is 6.42 Å². The van der Waals surface area contributed by atoms with Crippen LogP contribution in [0, 0.1) is 22.0 Å². The highest BCUT2D eigenvalue weighted by Crippen LogP contribution is 2.45. The molecule has 1 aromatic rings. The standard InChI is InChI=1S/C13H19N5O2/c1-2-14-13-15-7-11(18(19)20)12(17-13)16-10-6-8-3-4-9(10)5-8/h7-10H,2-6H2,1H3,(H2,14,15,16,17). The van der Waals surface area contributed by atoms with Crippen LogP contribution in [0.5, 0.6) is 0 Å². The third kappa shape index (κ3) is 2.39. The molecule has 2 aliphatic rings. The second-order valence-corrected chi connectivity index (χ2v) is 5.64. The van der Waals surface area contributed by atoms with Crippen molar-refractivity contribution in [1.82, 2.24) is 9.97 Å². The summed E-state index contributed by atoms with van der Waals surface area (Å²) >= 11 is 0. The Kier molecular flexibility index (Phi) is 3.42. The van der Waals surface area contributed by atoms with Crippen LogP contribution in [0.1, 0.15) is 32.6 Å². The quantitative estimate of drug-likeness (QED) is 0.634. The summed E-state index contributed by atoms with van der Waals surface area (Å²) < 4.78 is 0. The van der Waals surface area contributed by atoms with Crippen molar-refractivity contribution in [3.63, 3.8) is 0 Å². The minimum atomic E-state index is -0.425. The lowest BCUT2D eigenvalue weighted by atomic mass is 9.95. The van der Waals surface area contributed by atoms with Crippen LogP contribution in [0.4, 0.5) is 17.5 Å². The third-order valence-corrected chi connectivity index (χ3v) is 4.36. The van der Waals surface area contributed by atoms with Crippen molar-refractivity contribution in [3.8, 4) is 0 Å². The minimum absolute atomic E-state index is 0.0468. The minimum Gasteiger partial charge on any atom is -0.361 e. The highest BCUT2D eigenvalue weighted by Gasteiger charge is 2.40. The summed E-state index contributed by atoms with van der Waals surface area (Å²) in [4.78, 5) is 18.9. The summed E-state index contributed by atoms with van der Waals surface area (Å²) in [6, 6.07) is 0.317. The first-order chi connectivity index (χ1) is 9.67. The molecule has 0 amide bonds. The summed E-state index contributed by atoms with van der Waals surface area (Å²) in [5.41, 5.74) is -0.0468. The second-order valence-electron chi connectivity index (χ2n) is 5.64. The van der Waals surface area contributed by atoms with Crippen molar-refractivity contribution in [1.29, 1.82) is 0 Å². The van der Waals surface area contributed by atoms with Gasteiger partial charge in [0.05, 0.1) is 4.92 Å². The van der Waals surface area contributed by atoms with Gasteiger partial charge in [0.2, 0.25) is 11.8 Å². The number of anilines is 2. The molecule has 2 saturated carbocycles. The van der Waals surface area contributed by atoms with Gasteiger partial charge in [0.1, 0.15) is 6.20 Å². The molecule has 3 rings (SSSR count). The summed E-state index contributed by atoms with van der Waals surface area (Å²) in [5.74, 6) is 2.20. The number of hydrogen-bond acceptors (Lipinski definition) is 6. The van der Waals surface area contributed by atoms with E-state index in [0.29, 0.717) is 30.3 Å². The summed E-state index contributed by atoms with van der Waals surface area (Å²) in [7, 11) is 0. The molecule has 1 heterocycles. The van der Waals surface area contributed by atoms with E-state index in [2.05, 4.69) is 20.6 Å². The van der Waals surface area contributed by atoms with Gasteiger partial charge in [-0.3, -0.25) is 10.1 Å². The smallest absolute Gasteiger partial charge is 0.329 e. The fraction of sp³-hybridized carbons (Fsp3) is 0.692. The van der Waals surface area contributed by atoms with E-state index in [1.807, 2.05) is 6.92 Å². The molecule has 20 heavy (non-hydrogen) atoms. The average molecular weight is 277 g/mol. The largest absolute Gasteiger partial charge is 0.361 e. The average Bonchev–Trinajstić information content (AvgIpc) is 3.01. The Bertz CT molecular complexity index is 521. The fourth-order valence-corrected chi connectivity index (χ4v) is 3.46. The molecule has 2 bridgehead atoms. The Labute approximate surface area is 117 Å².